The van der Waals surface area contributed by atoms with Crippen molar-refractivity contribution in [1.82, 2.24) is 0 Å². The SMILES string of the molecule is Brc1ccc(-c2ccc(N=Nc3ccccc3)cc2)cc1. The highest BCUT2D eigenvalue weighted by Gasteiger charge is 1.98. The summed E-state index contributed by atoms with van der Waals surface area (Å²) >= 11 is 3.44. The summed E-state index contributed by atoms with van der Waals surface area (Å²) in [5.74, 6) is 0. The molecule has 0 atom stereocenters. The second kappa shape index (κ2) is 6.46. The third-order valence-electron chi connectivity index (χ3n) is 3.08. The minimum atomic E-state index is 0.847. The molecule has 0 N–H and O–H groups in total. The van der Waals surface area contributed by atoms with E-state index in [1.165, 1.54) is 11.1 Å². The normalized spacial score (nSPS) is 10.9. The van der Waals surface area contributed by atoms with Gasteiger partial charge in [-0.25, -0.2) is 0 Å². The molecule has 0 aliphatic rings. The van der Waals surface area contributed by atoms with Crippen LogP contribution in [0.3, 0.4) is 0 Å². The van der Waals surface area contributed by atoms with Crippen LogP contribution < -0.4 is 0 Å². The fourth-order valence-electron chi connectivity index (χ4n) is 1.97. The summed E-state index contributed by atoms with van der Waals surface area (Å²) in [5, 5.41) is 8.45. The average Bonchev–Trinajstić information content (AvgIpc) is 2.55. The molecule has 3 aromatic carbocycles. The Labute approximate surface area is 132 Å². The molecule has 0 saturated heterocycles. The van der Waals surface area contributed by atoms with Crippen molar-refractivity contribution in [2.45, 2.75) is 0 Å². The van der Waals surface area contributed by atoms with Gasteiger partial charge in [0.15, 0.2) is 0 Å². The van der Waals surface area contributed by atoms with Gasteiger partial charge in [-0.05, 0) is 47.5 Å². The molecule has 0 bridgehead atoms. The van der Waals surface area contributed by atoms with Crippen LogP contribution >= 0.6 is 15.9 Å². The summed E-state index contributed by atoms with van der Waals surface area (Å²) in [5.41, 5.74) is 4.06. The second-order valence-corrected chi connectivity index (χ2v) is 5.50. The molecule has 0 unspecified atom stereocenters. The summed E-state index contributed by atoms with van der Waals surface area (Å²) in [6.07, 6.45) is 0. The number of hydrogen-bond donors (Lipinski definition) is 0. The summed E-state index contributed by atoms with van der Waals surface area (Å²) in [7, 11) is 0. The largest absolute Gasteiger partial charge is 0.151 e. The van der Waals surface area contributed by atoms with Crippen molar-refractivity contribution >= 4 is 27.3 Å². The van der Waals surface area contributed by atoms with Crippen molar-refractivity contribution in [2.24, 2.45) is 10.2 Å². The van der Waals surface area contributed by atoms with Crippen LogP contribution in [-0.2, 0) is 0 Å². The van der Waals surface area contributed by atoms with Gasteiger partial charge in [0, 0.05) is 4.47 Å². The molecule has 0 aromatic heterocycles. The zero-order valence-corrected chi connectivity index (χ0v) is 12.9. The third kappa shape index (κ3) is 3.64. The molecule has 0 fully saturated rings. The molecular formula is C18H13BrN2. The van der Waals surface area contributed by atoms with Crippen molar-refractivity contribution in [2.75, 3.05) is 0 Å². The van der Waals surface area contributed by atoms with E-state index in [4.69, 9.17) is 0 Å². The first-order valence-electron chi connectivity index (χ1n) is 6.64. The van der Waals surface area contributed by atoms with Crippen LogP contribution in [0.25, 0.3) is 11.1 Å². The van der Waals surface area contributed by atoms with Gasteiger partial charge in [-0.1, -0.05) is 58.4 Å². The molecule has 2 nitrogen and oxygen atoms in total. The van der Waals surface area contributed by atoms with Gasteiger partial charge in [0.05, 0.1) is 11.4 Å². The Morgan fingerprint density at radius 3 is 1.57 bits per heavy atom. The highest BCUT2D eigenvalue weighted by atomic mass is 79.9. The number of rotatable bonds is 3. The van der Waals surface area contributed by atoms with Crippen LogP contribution in [0.1, 0.15) is 0 Å². The van der Waals surface area contributed by atoms with Gasteiger partial charge in [-0.3, -0.25) is 0 Å². The maximum Gasteiger partial charge on any atom is 0.0857 e. The van der Waals surface area contributed by atoms with Crippen LogP contribution in [0, 0.1) is 0 Å². The second-order valence-electron chi connectivity index (χ2n) is 4.59. The van der Waals surface area contributed by atoms with Crippen LogP contribution in [0.2, 0.25) is 0 Å². The average molecular weight is 337 g/mol. The zero-order valence-electron chi connectivity index (χ0n) is 11.3. The molecule has 0 aliphatic heterocycles. The molecule has 0 saturated carbocycles. The molecule has 21 heavy (non-hydrogen) atoms. The monoisotopic (exact) mass is 336 g/mol. The van der Waals surface area contributed by atoms with E-state index in [-0.39, 0.29) is 0 Å². The molecule has 3 aromatic rings. The van der Waals surface area contributed by atoms with E-state index in [1.807, 2.05) is 54.6 Å². The van der Waals surface area contributed by atoms with Gasteiger partial charge < -0.3 is 0 Å². The Morgan fingerprint density at radius 2 is 1.00 bits per heavy atom. The predicted octanol–water partition coefficient (Wildman–Crippen LogP) is 6.53. The lowest BCUT2D eigenvalue weighted by Gasteiger charge is -2.02. The molecule has 0 aliphatic carbocycles. The Hall–Kier alpha value is -2.26. The summed E-state index contributed by atoms with van der Waals surface area (Å²) in [6, 6.07) is 26.0. The number of azo groups is 1. The Bertz CT molecular complexity index is 732. The van der Waals surface area contributed by atoms with Crippen LogP contribution in [0.4, 0.5) is 11.4 Å². The lowest BCUT2D eigenvalue weighted by molar-refractivity contribution is 1.23. The molecule has 0 amide bonds. The molecule has 0 heterocycles. The van der Waals surface area contributed by atoms with E-state index in [0.29, 0.717) is 0 Å². The molecule has 0 spiro atoms. The number of nitrogens with zero attached hydrogens (tertiary/aromatic N) is 2. The number of halogens is 1. The molecule has 3 heteroatoms. The molecule has 0 radical (unpaired) electrons. The zero-order chi connectivity index (χ0) is 14.5. The molecule has 3 rings (SSSR count). The summed E-state index contributed by atoms with van der Waals surface area (Å²) in [6.45, 7) is 0. The van der Waals surface area contributed by atoms with E-state index in [9.17, 15) is 0 Å². The maximum absolute atomic E-state index is 4.24. The fraction of sp³-hybridized carbons (Fsp3) is 0. The first kappa shape index (κ1) is 13.7. The van der Waals surface area contributed by atoms with Crippen molar-refractivity contribution in [1.29, 1.82) is 0 Å². The van der Waals surface area contributed by atoms with Gasteiger partial charge in [-0.2, -0.15) is 10.2 Å². The first-order chi connectivity index (χ1) is 10.3. The van der Waals surface area contributed by atoms with E-state index in [2.05, 4.69) is 50.4 Å². The minimum absolute atomic E-state index is 0.847. The van der Waals surface area contributed by atoms with Crippen molar-refractivity contribution in [3.8, 4) is 11.1 Å². The highest BCUT2D eigenvalue weighted by molar-refractivity contribution is 9.10. The van der Waals surface area contributed by atoms with Crippen LogP contribution in [-0.4, -0.2) is 0 Å². The number of benzene rings is 3. The standard InChI is InChI=1S/C18H13BrN2/c19-16-10-6-14(7-11-16)15-8-12-18(13-9-15)21-20-17-4-2-1-3-5-17/h1-13H. The lowest BCUT2D eigenvalue weighted by Crippen LogP contribution is -1.76. The maximum atomic E-state index is 4.24. The van der Waals surface area contributed by atoms with Crippen molar-refractivity contribution in [3.63, 3.8) is 0 Å². The topological polar surface area (TPSA) is 24.7 Å². The van der Waals surface area contributed by atoms with Gasteiger partial charge in [0.25, 0.3) is 0 Å². The minimum Gasteiger partial charge on any atom is -0.151 e. The van der Waals surface area contributed by atoms with Crippen LogP contribution in [0.15, 0.2) is 93.6 Å². The predicted molar refractivity (Wildman–Crippen MR) is 90.2 cm³/mol. The fourth-order valence-corrected chi connectivity index (χ4v) is 2.24. The van der Waals surface area contributed by atoms with Gasteiger partial charge >= 0.3 is 0 Å². The summed E-state index contributed by atoms with van der Waals surface area (Å²) < 4.78 is 1.08. The highest BCUT2D eigenvalue weighted by Crippen LogP contribution is 2.25. The Morgan fingerprint density at radius 1 is 0.524 bits per heavy atom. The quantitative estimate of drug-likeness (QED) is 0.485. The first-order valence-corrected chi connectivity index (χ1v) is 7.43. The third-order valence-corrected chi connectivity index (χ3v) is 3.61. The summed E-state index contributed by atoms with van der Waals surface area (Å²) in [4.78, 5) is 0. The van der Waals surface area contributed by atoms with Crippen LogP contribution in [0.5, 0.6) is 0 Å². The Balaban J connectivity index is 1.78. The molecule has 102 valence electrons. The number of hydrogen-bond acceptors (Lipinski definition) is 2. The van der Waals surface area contributed by atoms with Crippen molar-refractivity contribution < 1.29 is 0 Å². The van der Waals surface area contributed by atoms with E-state index < -0.39 is 0 Å². The van der Waals surface area contributed by atoms with Gasteiger partial charge in [0.2, 0.25) is 0 Å². The van der Waals surface area contributed by atoms with E-state index >= 15 is 0 Å². The van der Waals surface area contributed by atoms with E-state index in [0.717, 1.165) is 15.8 Å². The van der Waals surface area contributed by atoms with Gasteiger partial charge in [-0.15, -0.1) is 0 Å². The lowest BCUT2D eigenvalue weighted by atomic mass is 10.1. The van der Waals surface area contributed by atoms with E-state index in [1.54, 1.807) is 0 Å². The Kier molecular flexibility index (Phi) is 4.22. The molecular weight excluding hydrogens is 324 g/mol. The smallest absolute Gasteiger partial charge is 0.0857 e. The van der Waals surface area contributed by atoms with Crippen molar-refractivity contribution in [3.05, 3.63) is 83.3 Å². The van der Waals surface area contributed by atoms with Gasteiger partial charge in [0.1, 0.15) is 0 Å².